The van der Waals surface area contributed by atoms with Crippen molar-refractivity contribution in [3.63, 3.8) is 0 Å². The van der Waals surface area contributed by atoms with Gasteiger partial charge in [-0.25, -0.2) is 0 Å². The Labute approximate surface area is 78.8 Å². The van der Waals surface area contributed by atoms with Crippen LogP contribution in [0.4, 0.5) is 0 Å². The lowest BCUT2D eigenvalue weighted by Crippen LogP contribution is -2.39. The SMILES string of the molecule is [CH]1CNCCN1Cc1ccccn1. The van der Waals surface area contributed by atoms with Gasteiger partial charge in [0.05, 0.1) is 5.69 Å². The quantitative estimate of drug-likeness (QED) is 0.717. The second kappa shape index (κ2) is 4.35. The van der Waals surface area contributed by atoms with E-state index < -0.39 is 0 Å². The van der Waals surface area contributed by atoms with Crippen molar-refractivity contribution in [3.05, 3.63) is 36.6 Å². The molecule has 3 nitrogen and oxygen atoms in total. The summed E-state index contributed by atoms with van der Waals surface area (Å²) in [5.74, 6) is 0. The number of nitrogens with one attached hydrogen (secondary N) is 1. The van der Waals surface area contributed by atoms with Crippen LogP contribution in [0.15, 0.2) is 24.4 Å². The highest BCUT2D eigenvalue weighted by atomic mass is 15.2. The minimum absolute atomic E-state index is 0.933. The number of hydrogen-bond acceptors (Lipinski definition) is 3. The number of pyridine rings is 1. The summed E-state index contributed by atoms with van der Waals surface area (Å²) in [5, 5.41) is 3.28. The van der Waals surface area contributed by atoms with Crippen molar-refractivity contribution in [2.45, 2.75) is 6.54 Å². The van der Waals surface area contributed by atoms with E-state index in [4.69, 9.17) is 0 Å². The average Bonchev–Trinajstić information content (AvgIpc) is 2.21. The summed E-state index contributed by atoms with van der Waals surface area (Å²) in [4.78, 5) is 6.60. The Balaban J connectivity index is 1.90. The van der Waals surface area contributed by atoms with Gasteiger partial charge >= 0.3 is 0 Å². The summed E-state index contributed by atoms with van der Waals surface area (Å²) in [6.45, 7) is 6.26. The minimum Gasteiger partial charge on any atom is -0.314 e. The highest BCUT2D eigenvalue weighted by Crippen LogP contribution is 2.03. The van der Waals surface area contributed by atoms with Gasteiger partial charge in [0.2, 0.25) is 0 Å². The second-order valence-corrected chi connectivity index (χ2v) is 3.18. The van der Waals surface area contributed by atoms with Crippen LogP contribution in [0.1, 0.15) is 5.69 Å². The zero-order chi connectivity index (χ0) is 8.93. The first-order valence-corrected chi connectivity index (χ1v) is 4.63. The second-order valence-electron chi connectivity index (χ2n) is 3.18. The van der Waals surface area contributed by atoms with E-state index in [1.807, 2.05) is 18.3 Å². The van der Waals surface area contributed by atoms with E-state index in [9.17, 15) is 0 Å². The average molecular weight is 176 g/mol. The molecule has 0 saturated carbocycles. The normalized spacial score (nSPS) is 18.8. The molecule has 69 valence electrons. The van der Waals surface area contributed by atoms with Gasteiger partial charge in [-0.05, 0) is 12.1 Å². The molecule has 0 aliphatic carbocycles. The molecule has 2 heterocycles. The van der Waals surface area contributed by atoms with Crippen molar-refractivity contribution in [1.29, 1.82) is 0 Å². The maximum atomic E-state index is 4.29. The Morgan fingerprint density at radius 1 is 1.46 bits per heavy atom. The van der Waals surface area contributed by atoms with E-state index in [0.717, 1.165) is 31.9 Å². The molecule has 0 amide bonds. The summed E-state index contributed by atoms with van der Waals surface area (Å²) in [7, 11) is 0. The van der Waals surface area contributed by atoms with Gasteiger partial charge in [-0.2, -0.15) is 0 Å². The van der Waals surface area contributed by atoms with E-state index >= 15 is 0 Å². The lowest BCUT2D eigenvalue weighted by Gasteiger charge is -2.26. The van der Waals surface area contributed by atoms with Gasteiger partial charge in [-0.3, -0.25) is 9.88 Å². The molecule has 2 rings (SSSR count). The van der Waals surface area contributed by atoms with Crippen LogP contribution < -0.4 is 5.32 Å². The summed E-state index contributed by atoms with van der Waals surface area (Å²) >= 11 is 0. The maximum absolute atomic E-state index is 4.29. The molecule has 0 bridgehead atoms. The van der Waals surface area contributed by atoms with Crippen molar-refractivity contribution in [1.82, 2.24) is 15.2 Å². The van der Waals surface area contributed by atoms with Gasteiger partial charge in [0.1, 0.15) is 0 Å². The predicted octanol–water partition coefficient (Wildman–Crippen LogP) is 0.649. The summed E-state index contributed by atoms with van der Waals surface area (Å²) in [5.41, 5.74) is 1.14. The van der Waals surface area contributed by atoms with Crippen molar-refractivity contribution in [2.75, 3.05) is 19.6 Å². The molecule has 0 unspecified atom stereocenters. The molecular formula is C10H14N3. The maximum Gasteiger partial charge on any atom is 0.0544 e. The molecule has 13 heavy (non-hydrogen) atoms. The smallest absolute Gasteiger partial charge is 0.0544 e. The van der Waals surface area contributed by atoms with Crippen LogP contribution in [0.25, 0.3) is 0 Å². The van der Waals surface area contributed by atoms with Crippen molar-refractivity contribution in [3.8, 4) is 0 Å². The lowest BCUT2D eigenvalue weighted by atomic mass is 10.3. The van der Waals surface area contributed by atoms with E-state index in [1.165, 1.54) is 0 Å². The molecule has 0 spiro atoms. The van der Waals surface area contributed by atoms with Gasteiger partial charge in [0, 0.05) is 38.9 Å². The van der Waals surface area contributed by atoms with Crippen molar-refractivity contribution < 1.29 is 0 Å². The molecule has 1 aromatic heterocycles. The van der Waals surface area contributed by atoms with Gasteiger partial charge in [0.25, 0.3) is 0 Å². The van der Waals surface area contributed by atoms with Crippen LogP contribution in [0.3, 0.4) is 0 Å². The Morgan fingerprint density at radius 2 is 2.46 bits per heavy atom. The molecule has 1 saturated heterocycles. The summed E-state index contributed by atoms with van der Waals surface area (Å²) in [6, 6.07) is 6.05. The first-order valence-electron chi connectivity index (χ1n) is 4.63. The largest absolute Gasteiger partial charge is 0.314 e. The van der Waals surface area contributed by atoms with E-state index in [1.54, 1.807) is 0 Å². The van der Waals surface area contributed by atoms with E-state index in [-0.39, 0.29) is 0 Å². The van der Waals surface area contributed by atoms with Gasteiger partial charge < -0.3 is 5.32 Å². The number of piperazine rings is 1. The van der Waals surface area contributed by atoms with E-state index in [0.29, 0.717) is 0 Å². The molecule has 1 N–H and O–H groups in total. The number of hydrogen-bond donors (Lipinski definition) is 1. The number of nitrogens with zero attached hydrogens (tertiary/aromatic N) is 2. The highest BCUT2D eigenvalue weighted by Gasteiger charge is 2.09. The minimum atomic E-state index is 0.933. The zero-order valence-corrected chi connectivity index (χ0v) is 7.61. The molecule has 1 aliphatic rings. The summed E-state index contributed by atoms with van der Waals surface area (Å²) in [6.07, 6.45) is 1.84. The molecule has 0 atom stereocenters. The van der Waals surface area contributed by atoms with Gasteiger partial charge in [-0.15, -0.1) is 0 Å². The van der Waals surface area contributed by atoms with Crippen LogP contribution in [0, 0.1) is 6.54 Å². The van der Waals surface area contributed by atoms with Crippen LogP contribution in [-0.4, -0.2) is 29.5 Å². The molecular weight excluding hydrogens is 162 g/mol. The third kappa shape index (κ3) is 2.50. The summed E-state index contributed by atoms with van der Waals surface area (Å²) < 4.78 is 0. The van der Waals surface area contributed by atoms with Crippen LogP contribution in [-0.2, 0) is 6.54 Å². The lowest BCUT2D eigenvalue weighted by molar-refractivity contribution is 0.283. The number of aromatic nitrogens is 1. The van der Waals surface area contributed by atoms with Crippen molar-refractivity contribution in [2.24, 2.45) is 0 Å². The predicted molar refractivity (Wildman–Crippen MR) is 51.8 cm³/mol. The molecule has 3 heteroatoms. The standard InChI is InChI=1S/C10H14N3/c1-2-4-12-10(3-1)9-13-7-5-11-6-8-13/h1-4,7,11H,5-6,8-9H2. The highest BCUT2D eigenvalue weighted by molar-refractivity contribution is 5.03. The fourth-order valence-corrected chi connectivity index (χ4v) is 1.45. The fraction of sp³-hybridized carbons (Fsp3) is 0.400. The Hall–Kier alpha value is -0.930. The molecule has 1 aliphatic heterocycles. The van der Waals surface area contributed by atoms with Gasteiger partial charge in [-0.1, -0.05) is 6.07 Å². The first kappa shape index (κ1) is 8.66. The molecule has 0 aromatic carbocycles. The first-order chi connectivity index (χ1) is 6.45. The van der Waals surface area contributed by atoms with E-state index in [2.05, 4.69) is 27.8 Å². The van der Waals surface area contributed by atoms with Gasteiger partial charge in [0.15, 0.2) is 0 Å². The monoisotopic (exact) mass is 176 g/mol. The van der Waals surface area contributed by atoms with Crippen LogP contribution in [0.2, 0.25) is 0 Å². The number of rotatable bonds is 2. The van der Waals surface area contributed by atoms with Crippen LogP contribution >= 0.6 is 0 Å². The molecule has 1 radical (unpaired) electrons. The molecule has 1 fully saturated rings. The van der Waals surface area contributed by atoms with Crippen LogP contribution in [0.5, 0.6) is 0 Å². The Morgan fingerprint density at radius 3 is 3.15 bits per heavy atom. The third-order valence-corrected chi connectivity index (χ3v) is 2.16. The zero-order valence-electron chi connectivity index (χ0n) is 7.61. The topological polar surface area (TPSA) is 28.2 Å². The Kier molecular flexibility index (Phi) is 2.90. The fourth-order valence-electron chi connectivity index (χ4n) is 1.45. The van der Waals surface area contributed by atoms with Crippen molar-refractivity contribution >= 4 is 0 Å². The Bertz CT molecular complexity index is 242. The third-order valence-electron chi connectivity index (χ3n) is 2.16. The molecule has 1 aromatic rings.